The van der Waals surface area contributed by atoms with Crippen LogP contribution >= 0.6 is 34.8 Å². The Balaban J connectivity index is 2.49. The normalized spacial score (nSPS) is 12.5. The molecule has 0 saturated carbocycles. The Bertz CT molecular complexity index is 623. The van der Waals surface area contributed by atoms with Crippen molar-refractivity contribution in [2.75, 3.05) is 0 Å². The Hall–Kier alpha value is -0.730. The van der Waals surface area contributed by atoms with Crippen LogP contribution in [0.1, 0.15) is 28.3 Å². The van der Waals surface area contributed by atoms with E-state index in [0.29, 0.717) is 15.1 Å². The van der Waals surface area contributed by atoms with Gasteiger partial charge in [0.15, 0.2) is 0 Å². The van der Waals surface area contributed by atoms with E-state index in [4.69, 9.17) is 40.5 Å². The van der Waals surface area contributed by atoms with Gasteiger partial charge in [0.25, 0.3) is 0 Å². The predicted molar refractivity (Wildman–Crippen MR) is 83.4 cm³/mol. The minimum atomic E-state index is -0.364. The highest BCUT2D eigenvalue weighted by molar-refractivity contribution is 6.35. The fraction of sp³-hybridized carbons (Fsp3) is 0.200. The second-order valence-electron chi connectivity index (χ2n) is 4.60. The van der Waals surface area contributed by atoms with Crippen molar-refractivity contribution >= 4 is 34.8 Å². The van der Waals surface area contributed by atoms with Crippen LogP contribution in [0.25, 0.3) is 0 Å². The molecule has 100 valence electrons. The molecule has 0 aromatic heterocycles. The van der Waals surface area contributed by atoms with Gasteiger partial charge in [0.2, 0.25) is 0 Å². The lowest BCUT2D eigenvalue weighted by molar-refractivity contribution is 0.869. The summed E-state index contributed by atoms with van der Waals surface area (Å²) in [7, 11) is 0. The van der Waals surface area contributed by atoms with E-state index in [9.17, 15) is 0 Å². The Labute approximate surface area is 128 Å². The highest BCUT2D eigenvalue weighted by Gasteiger charge is 2.16. The van der Waals surface area contributed by atoms with Gasteiger partial charge in [0.05, 0.1) is 6.04 Å². The van der Waals surface area contributed by atoms with E-state index < -0.39 is 0 Å². The van der Waals surface area contributed by atoms with Gasteiger partial charge in [-0.2, -0.15) is 0 Å². The van der Waals surface area contributed by atoms with Crippen LogP contribution in [0.3, 0.4) is 0 Å². The average Bonchev–Trinajstić information content (AvgIpc) is 2.33. The molecule has 2 rings (SSSR count). The second-order valence-corrected chi connectivity index (χ2v) is 5.85. The summed E-state index contributed by atoms with van der Waals surface area (Å²) in [4.78, 5) is 0. The summed E-state index contributed by atoms with van der Waals surface area (Å²) >= 11 is 18.4. The molecule has 2 aromatic carbocycles. The highest BCUT2D eigenvalue weighted by Crippen LogP contribution is 2.33. The van der Waals surface area contributed by atoms with Crippen molar-refractivity contribution < 1.29 is 0 Å². The van der Waals surface area contributed by atoms with Gasteiger partial charge in [0.1, 0.15) is 0 Å². The maximum atomic E-state index is 6.28. The smallest absolute Gasteiger partial charge is 0.0581 e. The Kier molecular flexibility index (Phi) is 4.42. The van der Waals surface area contributed by atoms with E-state index in [0.717, 1.165) is 22.3 Å². The molecular formula is C15H14Cl3N. The van der Waals surface area contributed by atoms with E-state index in [2.05, 4.69) is 0 Å². The van der Waals surface area contributed by atoms with E-state index >= 15 is 0 Å². The third kappa shape index (κ3) is 3.06. The summed E-state index contributed by atoms with van der Waals surface area (Å²) in [5, 5.41) is 1.79. The maximum absolute atomic E-state index is 6.28. The van der Waals surface area contributed by atoms with Crippen molar-refractivity contribution in [2.45, 2.75) is 19.9 Å². The fourth-order valence-corrected chi connectivity index (χ4v) is 2.82. The van der Waals surface area contributed by atoms with Crippen molar-refractivity contribution in [3.8, 4) is 0 Å². The number of rotatable bonds is 2. The summed E-state index contributed by atoms with van der Waals surface area (Å²) < 4.78 is 0. The van der Waals surface area contributed by atoms with Crippen molar-refractivity contribution in [1.82, 2.24) is 0 Å². The van der Waals surface area contributed by atoms with Crippen molar-refractivity contribution in [2.24, 2.45) is 5.73 Å². The largest absolute Gasteiger partial charge is 0.320 e. The monoisotopic (exact) mass is 313 g/mol. The van der Waals surface area contributed by atoms with Gasteiger partial charge in [-0.15, -0.1) is 0 Å². The zero-order valence-corrected chi connectivity index (χ0v) is 12.9. The molecule has 1 nitrogen and oxygen atoms in total. The molecule has 19 heavy (non-hydrogen) atoms. The molecule has 0 aliphatic heterocycles. The Morgan fingerprint density at radius 3 is 2.05 bits per heavy atom. The summed E-state index contributed by atoms with van der Waals surface area (Å²) in [5.74, 6) is 0. The third-order valence-corrected chi connectivity index (χ3v) is 4.14. The lowest BCUT2D eigenvalue weighted by atomic mass is 9.96. The SMILES string of the molecule is Cc1cc(Cl)c(C(N)c2ccc(Cl)cc2Cl)cc1C. The Morgan fingerprint density at radius 2 is 1.42 bits per heavy atom. The zero-order valence-electron chi connectivity index (χ0n) is 10.7. The molecule has 4 heteroatoms. The minimum absolute atomic E-state index is 0.364. The number of aryl methyl sites for hydroxylation is 2. The molecule has 0 heterocycles. The van der Waals surface area contributed by atoms with Gasteiger partial charge in [-0.3, -0.25) is 0 Å². The molecule has 1 atom stereocenters. The van der Waals surface area contributed by atoms with E-state index in [-0.39, 0.29) is 6.04 Å². The molecular weight excluding hydrogens is 301 g/mol. The van der Waals surface area contributed by atoms with Crippen molar-refractivity contribution in [3.05, 3.63) is 67.7 Å². The number of nitrogens with two attached hydrogens (primary N) is 1. The first-order valence-electron chi connectivity index (χ1n) is 5.87. The third-order valence-electron chi connectivity index (χ3n) is 3.25. The molecule has 0 aliphatic carbocycles. The topological polar surface area (TPSA) is 26.0 Å². The number of benzene rings is 2. The summed E-state index contributed by atoms with van der Waals surface area (Å²) in [5.41, 5.74) is 10.3. The molecule has 0 bridgehead atoms. The molecule has 2 aromatic rings. The number of halogens is 3. The van der Waals surface area contributed by atoms with Crippen molar-refractivity contribution in [1.29, 1.82) is 0 Å². The fourth-order valence-electron chi connectivity index (χ4n) is 1.96. The first-order valence-corrected chi connectivity index (χ1v) is 7.00. The quantitative estimate of drug-likeness (QED) is 0.798. The van der Waals surface area contributed by atoms with E-state index in [1.165, 1.54) is 0 Å². The van der Waals surface area contributed by atoms with Crippen LogP contribution in [0.4, 0.5) is 0 Å². The first-order chi connectivity index (χ1) is 8.90. The molecule has 0 saturated heterocycles. The van der Waals surface area contributed by atoms with E-state index in [1.54, 1.807) is 12.1 Å². The van der Waals surface area contributed by atoms with Crippen LogP contribution in [0.2, 0.25) is 15.1 Å². The predicted octanol–water partition coefficient (Wildman–Crippen LogP) is 5.31. The number of hydrogen-bond donors (Lipinski definition) is 1. The van der Waals surface area contributed by atoms with Gasteiger partial charge >= 0.3 is 0 Å². The minimum Gasteiger partial charge on any atom is -0.320 e. The van der Waals surface area contributed by atoms with Crippen LogP contribution in [0, 0.1) is 13.8 Å². The van der Waals surface area contributed by atoms with E-state index in [1.807, 2.05) is 32.0 Å². The van der Waals surface area contributed by atoms with Gasteiger partial charge in [0, 0.05) is 15.1 Å². The first kappa shape index (κ1) is 14.7. The summed E-state index contributed by atoms with van der Waals surface area (Å²) in [6.45, 7) is 4.05. The second kappa shape index (κ2) is 5.72. The highest BCUT2D eigenvalue weighted by atomic mass is 35.5. The summed E-state index contributed by atoms with van der Waals surface area (Å²) in [6, 6.07) is 8.87. The average molecular weight is 315 g/mol. The Morgan fingerprint density at radius 1 is 0.842 bits per heavy atom. The standard InChI is InChI=1S/C15H14Cl3N/c1-8-5-12(13(17)6-9(8)2)15(19)11-4-3-10(16)7-14(11)18/h3-7,15H,19H2,1-2H3. The summed E-state index contributed by atoms with van der Waals surface area (Å²) in [6.07, 6.45) is 0. The van der Waals surface area contributed by atoms with Crippen LogP contribution in [0.15, 0.2) is 30.3 Å². The van der Waals surface area contributed by atoms with Gasteiger partial charge < -0.3 is 5.73 Å². The van der Waals surface area contributed by atoms with Gasteiger partial charge in [-0.1, -0.05) is 46.9 Å². The van der Waals surface area contributed by atoms with Crippen LogP contribution in [-0.4, -0.2) is 0 Å². The molecule has 0 aliphatic rings. The molecule has 0 fully saturated rings. The number of hydrogen-bond acceptors (Lipinski definition) is 1. The van der Waals surface area contributed by atoms with Gasteiger partial charge in [-0.25, -0.2) is 0 Å². The molecule has 0 radical (unpaired) electrons. The maximum Gasteiger partial charge on any atom is 0.0581 e. The van der Waals surface area contributed by atoms with Gasteiger partial charge in [-0.05, 0) is 54.3 Å². The van der Waals surface area contributed by atoms with Crippen molar-refractivity contribution in [3.63, 3.8) is 0 Å². The van der Waals surface area contributed by atoms with Crippen LogP contribution < -0.4 is 5.73 Å². The molecule has 2 N–H and O–H groups in total. The van der Waals surface area contributed by atoms with Crippen LogP contribution in [0.5, 0.6) is 0 Å². The molecule has 0 amide bonds. The lowest BCUT2D eigenvalue weighted by Crippen LogP contribution is -2.13. The zero-order chi connectivity index (χ0) is 14.2. The molecule has 0 spiro atoms. The lowest BCUT2D eigenvalue weighted by Gasteiger charge is -2.17. The molecule has 1 unspecified atom stereocenters. The van der Waals surface area contributed by atoms with Crippen LogP contribution in [-0.2, 0) is 0 Å².